The molecule has 7 aromatic rings. The van der Waals surface area contributed by atoms with E-state index in [-0.39, 0.29) is 0 Å². The Bertz CT molecular complexity index is 1860. The number of para-hydroxylation sites is 1. The molecule has 0 atom stereocenters. The lowest BCUT2D eigenvalue weighted by Gasteiger charge is -2.09. The van der Waals surface area contributed by atoms with Crippen LogP contribution in [0.2, 0.25) is 0 Å². The summed E-state index contributed by atoms with van der Waals surface area (Å²) >= 11 is 0. The number of nitrogens with zero attached hydrogens (tertiary/aromatic N) is 3. The molecule has 5 aromatic carbocycles. The molecule has 0 fully saturated rings. The summed E-state index contributed by atoms with van der Waals surface area (Å²) in [6, 6.07) is 38.6. The minimum Gasteiger partial charge on any atom is -0.294 e. The van der Waals surface area contributed by atoms with E-state index >= 15 is 0 Å². The van der Waals surface area contributed by atoms with Crippen molar-refractivity contribution in [2.75, 3.05) is 0 Å². The molecule has 3 nitrogen and oxygen atoms in total. The first-order valence-corrected chi connectivity index (χ1v) is 11.5. The van der Waals surface area contributed by atoms with Crippen LogP contribution in [0.25, 0.3) is 60.4 Å². The molecule has 0 bridgehead atoms. The Labute approximate surface area is 196 Å². The molecule has 0 saturated heterocycles. The maximum atomic E-state index is 4.99. The monoisotopic (exact) mass is 435 g/mol. The minimum atomic E-state index is 0.764. The molecule has 0 unspecified atom stereocenters. The molecule has 0 radical (unpaired) electrons. The van der Waals surface area contributed by atoms with Gasteiger partial charge in [0.05, 0.1) is 16.6 Å². The third-order valence-electron chi connectivity index (χ3n) is 6.63. The largest absolute Gasteiger partial charge is 0.294 e. The Kier molecular flexibility index (Phi) is 4.06. The van der Waals surface area contributed by atoms with Gasteiger partial charge in [-0.05, 0) is 58.8 Å². The van der Waals surface area contributed by atoms with Gasteiger partial charge in [-0.25, -0.2) is 9.97 Å². The average Bonchev–Trinajstić information content (AvgIpc) is 3.19. The van der Waals surface area contributed by atoms with E-state index in [1.165, 1.54) is 26.9 Å². The van der Waals surface area contributed by atoms with Crippen LogP contribution < -0.4 is 0 Å². The normalized spacial score (nSPS) is 11.7. The Morgan fingerprint density at radius 2 is 1.24 bits per heavy atom. The van der Waals surface area contributed by atoms with Gasteiger partial charge in [0.25, 0.3) is 0 Å². The number of hydrogen-bond acceptors (Lipinski definition) is 2. The summed E-state index contributed by atoms with van der Waals surface area (Å²) in [5.74, 6) is 0.764. The van der Waals surface area contributed by atoms with E-state index in [4.69, 9.17) is 9.97 Å². The lowest BCUT2D eigenvalue weighted by Crippen LogP contribution is -1.99. The van der Waals surface area contributed by atoms with Crippen LogP contribution in [0.3, 0.4) is 0 Å². The Morgan fingerprint density at radius 1 is 0.588 bits per heavy atom. The molecule has 0 saturated carbocycles. The molecule has 7 rings (SSSR count). The second-order valence-electron chi connectivity index (χ2n) is 8.77. The molecule has 0 amide bonds. The molecule has 34 heavy (non-hydrogen) atoms. The summed E-state index contributed by atoms with van der Waals surface area (Å²) in [7, 11) is 0. The second kappa shape index (κ2) is 7.26. The lowest BCUT2D eigenvalue weighted by atomic mass is 10.0. The van der Waals surface area contributed by atoms with Crippen molar-refractivity contribution in [3.05, 3.63) is 115 Å². The first-order chi connectivity index (χ1) is 16.8. The van der Waals surface area contributed by atoms with E-state index in [1.54, 1.807) is 0 Å². The Balaban J connectivity index is 1.67. The number of benzene rings is 5. The van der Waals surface area contributed by atoms with Crippen LogP contribution >= 0.6 is 0 Å². The second-order valence-corrected chi connectivity index (χ2v) is 8.77. The van der Waals surface area contributed by atoms with E-state index in [2.05, 4.69) is 108 Å². The predicted molar refractivity (Wildman–Crippen MR) is 142 cm³/mol. The zero-order valence-electron chi connectivity index (χ0n) is 18.7. The molecule has 160 valence electrons. The van der Waals surface area contributed by atoms with Crippen molar-refractivity contribution >= 4 is 43.5 Å². The fraction of sp³-hybridized carbons (Fsp3) is 0.0323. The molecular weight excluding hydrogens is 414 g/mol. The van der Waals surface area contributed by atoms with Gasteiger partial charge >= 0.3 is 0 Å². The summed E-state index contributed by atoms with van der Waals surface area (Å²) in [5, 5.41) is 7.12. The van der Waals surface area contributed by atoms with Gasteiger partial charge in [0.2, 0.25) is 0 Å². The first-order valence-electron chi connectivity index (χ1n) is 11.5. The average molecular weight is 436 g/mol. The van der Waals surface area contributed by atoms with Crippen molar-refractivity contribution in [1.29, 1.82) is 0 Å². The van der Waals surface area contributed by atoms with Crippen molar-refractivity contribution in [3.8, 4) is 16.9 Å². The van der Waals surface area contributed by atoms with Crippen molar-refractivity contribution in [3.63, 3.8) is 0 Å². The quantitative estimate of drug-likeness (QED) is 0.277. The van der Waals surface area contributed by atoms with Crippen LogP contribution in [0.1, 0.15) is 5.82 Å². The van der Waals surface area contributed by atoms with Gasteiger partial charge in [0, 0.05) is 16.6 Å². The van der Waals surface area contributed by atoms with Gasteiger partial charge in [-0.15, -0.1) is 0 Å². The summed E-state index contributed by atoms with van der Waals surface area (Å²) in [6.07, 6.45) is 0. The topological polar surface area (TPSA) is 30.7 Å². The maximum absolute atomic E-state index is 4.99. The lowest BCUT2D eigenvalue weighted by molar-refractivity contribution is 1.05. The Morgan fingerprint density at radius 3 is 2.00 bits per heavy atom. The molecule has 2 heterocycles. The predicted octanol–water partition coefficient (Wildman–Crippen LogP) is 7.86. The molecule has 0 spiro atoms. The van der Waals surface area contributed by atoms with E-state index in [0.29, 0.717) is 0 Å². The number of hydrogen-bond donors (Lipinski definition) is 0. The molecule has 0 aliphatic carbocycles. The zero-order valence-corrected chi connectivity index (χ0v) is 18.7. The van der Waals surface area contributed by atoms with Crippen molar-refractivity contribution in [2.24, 2.45) is 0 Å². The molecular formula is C31H21N3. The standard InChI is InChI=1S/C31H21N3/c1-20-32-30(25-16-15-21-9-5-6-10-22(21)17-25)29-27-18-23-11-7-8-12-24(23)19-28(27)34(31(29)33-20)26-13-3-2-4-14-26/h2-19H,1H3. The Hall–Kier alpha value is -4.50. The number of aromatic nitrogens is 3. The van der Waals surface area contributed by atoms with Gasteiger partial charge in [-0.3, -0.25) is 4.57 Å². The molecule has 2 aromatic heterocycles. The number of rotatable bonds is 2. The first kappa shape index (κ1) is 19.0. The fourth-order valence-corrected chi connectivity index (χ4v) is 5.08. The number of fused-ring (bicyclic) bond motifs is 5. The van der Waals surface area contributed by atoms with Crippen LogP contribution in [0.5, 0.6) is 0 Å². The van der Waals surface area contributed by atoms with E-state index in [9.17, 15) is 0 Å². The van der Waals surface area contributed by atoms with Gasteiger partial charge in [0.15, 0.2) is 0 Å². The van der Waals surface area contributed by atoms with Crippen LogP contribution in [-0.4, -0.2) is 14.5 Å². The highest BCUT2D eigenvalue weighted by Gasteiger charge is 2.20. The number of aryl methyl sites for hydroxylation is 1. The van der Waals surface area contributed by atoms with E-state index < -0.39 is 0 Å². The zero-order chi connectivity index (χ0) is 22.6. The van der Waals surface area contributed by atoms with Gasteiger partial charge in [-0.1, -0.05) is 78.9 Å². The van der Waals surface area contributed by atoms with Crippen LogP contribution in [0.4, 0.5) is 0 Å². The third-order valence-corrected chi connectivity index (χ3v) is 6.63. The SMILES string of the molecule is Cc1nc(-c2ccc3ccccc3c2)c2c3cc4ccccc4cc3n(-c3ccccc3)c2n1. The highest BCUT2D eigenvalue weighted by molar-refractivity contribution is 6.17. The van der Waals surface area contributed by atoms with Crippen LogP contribution in [0.15, 0.2) is 109 Å². The molecule has 3 heteroatoms. The van der Waals surface area contributed by atoms with Crippen LogP contribution in [0, 0.1) is 6.92 Å². The van der Waals surface area contributed by atoms with Crippen molar-refractivity contribution in [2.45, 2.75) is 6.92 Å². The fourth-order valence-electron chi connectivity index (χ4n) is 5.08. The van der Waals surface area contributed by atoms with Crippen LogP contribution in [-0.2, 0) is 0 Å². The summed E-state index contributed by atoms with van der Waals surface area (Å²) in [6.45, 7) is 1.98. The van der Waals surface area contributed by atoms with Crippen molar-refractivity contribution in [1.82, 2.24) is 14.5 Å². The minimum absolute atomic E-state index is 0.764. The van der Waals surface area contributed by atoms with E-state index in [0.717, 1.165) is 39.3 Å². The van der Waals surface area contributed by atoms with Gasteiger partial charge in [-0.2, -0.15) is 0 Å². The summed E-state index contributed by atoms with van der Waals surface area (Å²) in [4.78, 5) is 9.97. The highest BCUT2D eigenvalue weighted by Crippen LogP contribution is 2.39. The molecule has 0 N–H and O–H groups in total. The third kappa shape index (κ3) is 2.84. The summed E-state index contributed by atoms with van der Waals surface area (Å²) < 4.78 is 2.27. The molecule has 0 aliphatic rings. The maximum Gasteiger partial charge on any atom is 0.149 e. The van der Waals surface area contributed by atoms with Crippen molar-refractivity contribution < 1.29 is 0 Å². The van der Waals surface area contributed by atoms with E-state index in [1.807, 2.05) is 13.0 Å². The highest BCUT2D eigenvalue weighted by atomic mass is 15.1. The smallest absolute Gasteiger partial charge is 0.149 e. The van der Waals surface area contributed by atoms with Gasteiger partial charge in [0.1, 0.15) is 11.5 Å². The molecule has 0 aliphatic heterocycles. The summed E-state index contributed by atoms with van der Waals surface area (Å²) in [5.41, 5.74) is 5.26. The van der Waals surface area contributed by atoms with Gasteiger partial charge < -0.3 is 0 Å².